The van der Waals surface area contributed by atoms with Gasteiger partial charge in [-0.2, -0.15) is 0 Å². The third-order valence-corrected chi connectivity index (χ3v) is 2.57. The van der Waals surface area contributed by atoms with E-state index >= 15 is 0 Å². The number of carbonyl (C=O) groups excluding carboxylic acids is 1. The van der Waals surface area contributed by atoms with Gasteiger partial charge in [0.25, 0.3) is 0 Å². The second-order valence-electron chi connectivity index (χ2n) is 3.51. The molecule has 0 saturated carbocycles. The number of para-hydroxylation sites is 1. The zero-order valence-corrected chi connectivity index (χ0v) is 8.79. The molecule has 1 aromatic rings. The van der Waals surface area contributed by atoms with Gasteiger partial charge in [-0.1, -0.05) is 18.2 Å². The van der Waals surface area contributed by atoms with E-state index in [1.807, 2.05) is 24.3 Å². The highest BCUT2D eigenvalue weighted by molar-refractivity contribution is 5.92. The molecule has 4 nitrogen and oxygen atoms in total. The average Bonchev–Trinajstić information content (AvgIpc) is 2.50. The predicted octanol–water partition coefficient (Wildman–Crippen LogP) is 0.936. The molecule has 0 atom stereocenters. The molecule has 0 aliphatic carbocycles. The number of hydrogen-bond donors (Lipinski definition) is 2. The fourth-order valence-electron chi connectivity index (χ4n) is 1.80. The van der Waals surface area contributed by atoms with E-state index in [-0.39, 0.29) is 6.03 Å². The van der Waals surface area contributed by atoms with Gasteiger partial charge in [0.05, 0.1) is 0 Å². The fraction of sp³-hybridized carbons (Fsp3) is 0.364. The lowest BCUT2D eigenvalue weighted by molar-refractivity contribution is 0.248. The smallest absolute Gasteiger partial charge is 0.321 e. The number of benzene rings is 1. The van der Waals surface area contributed by atoms with Crippen LogP contribution in [0.3, 0.4) is 0 Å². The SMILES string of the molecule is CNC(=O)N1CCNCc2ccccc21. The van der Waals surface area contributed by atoms with E-state index in [2.05, 4.69) is 10.6 Å². The summed E-state index contributed by atoms with van der Waals surface area (Å²) in [6, 6.07) is 7.93. The van der Waals surface area contributed by atoms with Gasteiger partial charge in [0.15, 0.2) is 0 Å². The summed E-state index contributed by atoms with van der Waals surface area (Å²) >= 11 is 0. The maximum Gasteiger partial charge on any atom is 0.321 e. The number of nitrogens with zero attached hydrogens (tertiary/aromatic N) is 1. The Morgan fingerprint density at radius 1 is 1.47 bits per heavy atom. The van der Waals surface area contributed by atoms with E-state index in [1.54, 1.807) is 11.9 Å². The Hall–Kier alpha value is -1.55. The summed E-state index contributed by atoms with van der Waals surface area (Å²) in [4.78, 5) is 13.4. The number of anilines is 1. The van der Waals surface area contributed by atoms with Gasteiger partial charge in [-0.05, 0) is 11.6 Å². The fourth-order valence-corrected chi connectivity index (χ4v) is 1.80. The van der Waals surface area contributed by atoms with E-state index in [9.17, 15) is 4.79 Å². The molecule has 1 aliphatic rings. The maximum atomic E-state index is 11.7. The van der Waals surface area contributed by atoms with Crippen molar-refractivity contribution in [2.75, 3.05) is 25.0 Å². The van der Waals surface area contributed by atoms with Gasteiger partial charge in [0, 0.05) is 32.4 Å². The molecule has 0 aromatic heterocycles. The summed E-state index contributed by atoms with van der Waals surface area (Å²) in [6.07, 6.45) is 0. The number of hydrogen-bond acceptors (Lipinski definition) is 2. The third-order valence-electron chi connectivity index (χ3n) is 2.57. The first-order valence-corrected chi connectivity index (χ1v) is 5.11. The molecule has 0 bridgehead atoms. The summed E-state index contributed by atoms with van der Waals surface area (Å²) < 4.78 is 0. The molecule has 1 heterocycles. The Morgan fingerprint density at radius 2 is 2.27 bits per heavy atom. The van der Waals surface area contributed by atoms with Crippen molar-refractivity contribution < 1.29 is 4.79 Å². The minimum absolute atomic E-state index is 0.0499. The molecule has 0 fully saturated rings. The van der Waals surface area contributed by atoms with Crippen LogP contribution in [0.1, 0.15) is 5.56 Å². The Bertz CT molecular complexity index is 365. The lowest BCUT2D eigenvalue weighted by Crippen LogP contribution is -2.40. The molecule has 2 amide bonds. The van der Waals surface area contributed by atoms with Crippen LogP contribution < -0.4 is 15.5 Å². The zero-order chi connectivity index (χ0) is 10.7. The monoisotopic (exact) mass is 205 g/mol. The molecule has 2 N–H and O–H groups in total. The summed E-state index contributed by atoms with van der Waals surface area (Å²) in [5.74, 6) is 0. The molecule has 0 spiro atoms. The Morgan fingerprint density at radius 3 is 3.07 bits per heavy atom. The van der Waals surface area contributed by atoms with Gasteiger partial charge in [-0.25, -0.2) is 4.79 Å². The summed E-state index contributed by atoms with van der Waals surface area (Å²) in [6.45, 7) is 2.35. The van der Waals surface area contributed by atoms with Crippen molar-refractivity contribution in [3.05, 3.63) is 29.8 Å². The molecular formula is C11H15N3O. The van der Waals surface area contributed by atoms with E-state index in [0.717, 1.165) is 18.8 Å². The highest BCUT2D eigenvalue weighted by Crippen LogP contribution is 2.21. The predicted molar refractivity (Wildman–Crippen MR) is 60.0 cm³/mol. The molecular weight excluding hydrogens is 190 g/mol. The zero-order valence-electron chi connectivity index (χ0n) is 8.79. The van der Waals surface area contributed by atoms with Crippen molar-refractivity contribution in [1.82, 2.24) is 10.6 Å². The van der Waals surface area contributed by atoms with Crippen molar-refractivity contribution in [2.45, 2.75) is 6.54 Å². The van der Waals surface area contributed by atoms with E-state index < -0.39 is 0 Å². The highest BCUT2D eigenvalue weighted by atomic mass is 16.2. The Kier molecular flexibility index (Phi) is 2.87. The van der Waals surface area contributed by atoms with Crippen molar-refractivity contribution in [3.8, 4) is 0 Å². The second kappa shape index (κ2) is 4.31. The van der Waals surface area contributed by atoms with Gasteiger partial charge in [0.2, 0.25) is 0 Å². The highest BCUT2D eigenvalue weighted by Gasteiger charge is 2.18. The van der Waals surface area contributed by atoms with Gasteiger partial charge in [-0.3, -0.25) is 4.90 Å². The summed E-state index contributed by atoms with van der Waals surface area (Å²) in [5, 5.41) is 5.95. The molecule has 0 saturated heterocycles. The first-order valence-electron chi connectivity index (χ1n) is 5.11. The standard InChI is InChI=1S/C11H15N3O/c1-12-11(15)14-7-6-13-8-9-4-2-3-5-10(9)14/h2-5,13H,6-8H2,1H3,(H,12,15). The molecule has 2 rings (SSSR count). The quantitative estimate of drug-likeness (QED) is 0.662. The number of carbonyl (C=O) groups is 1. The summed E-state index contributed by atoms with van der Waals surface area (Å²) in [7, 11) is 1.66. The first-order chi connectivity index (χ1) is 7.33. The number of urea groups is 1. The van der Waals surface area contributed by atoms with Crippen LogP contribution in [-0.2, 0) is 6.54 Å². The lowest BCUT2D eigenvalue weighted by atomic mass is 10.1. The topological polar surface area (TPSA) is 44.4 Å². The van der Waals surface area contributed by atoms with Crippen LogP contribution in [0, 0.1) is 0 Å². The minimum Gasteiger partial charge on any atom is -0.341 e. The van der Waals surface area contributed by atoms with Gasteiger partial charge in [0.1, 0.15) is 0 Å². The van der Waals surface area contributed by atoms with E-state index in [0.29, 0.717) is 6.54 Å². The number of rotatable bonds is 0. The largest absolute Gasteiger partial charge is 0.341 e. The third kappa shape index (κ3) is 1.94. The van der Waals surface area contributed by atoms with Crippen LogP contribution >= 0.6 is 0 Å². The van der Waals surface area contributed by atoms with Crippen molar-refractivity contribution in [3.63, 3.8) is 0 Å². The van der Waals surface area contributed by atoms with Crippen molar-refractivity contribution in [1.29, 1.82) is 0 Å². The number of amides is 2. The molecule has 4 heteroatoms. The van der Waals surface area contributed by atoms with Gasteiger partial charge >= 0.3 is 6.03 Å². The van der Waals surface area contributed by atoms with Gasteiger partial charge < -0.3 is 10.6 Å². The normalized spacial score (nSPS) is 15.4. The van der Waals surface area contributed by atoms with E-state index in [1.165, 1.54) is 5.56 Å². The van der Waals surface area contributed by atoms with Crippen LogP contribution in [0.5, 0.6) is 0 Å². The molecule has 15 heavy (non-hydrogen) atoms. The molecule has 0 radical (unpaired) electrons. The van der Waals surface area contributed by atoms with Crippen molar-refractivity contribution in [2.24, 2.45) is 0 Å². The molecule has 1 aliphatic heterocycles. The van der Waals surface area contributed by atoms with Crippen molar-refractivity contribution >= 4 is 11.7 Å². The van der Waals surface area contributed by atoms with Gasteiger partial charge in [-0.15, -0.1) is 0 Å². The minimum atomic E-state index is -0.0499. The maximum absolute atomic E-state index is 11.7. The van der Waals surface area contributed by atoms with Crippen LogP contribution in [0.2, 0.25) is 0 Å². The van der Waals surface area contributed by atoms with Crippen LogP contribution in [0.15, 0.2) is 24.3 Å². The van der Waals surface area contributed by atoms with E-state index in [4.69, 9.17) is 0 Å². The number of fused-ring (bicyclic) bond motifs is 1. The first kappa shape index (κ1) is 9.98. The molecule has 0 unspecified atom stereocenters. The lowest BCUT2D eigenvalue weighted by Gasteiger charge is -2.21. The number of nitrogens with one attached hydrogen (secondary N) is 2. The Labute approximate surface area is 89.3 Å². The average molecular weight is 205 g/mol. The van der Waals surface area contributed by atoms with Crippen LogP contribution in [0.4, 0.5) is 10.5 Å². The molecule has 1 aromatic carbocycles. The van der Waals surface area contributed by atoms with Crippen LogP contribution in [0.25, 0.3) is 0 Å². The summed E-state index contributed by atoms with van der Waals surface area (Å²) in [5.41, 5.74) is 2.17. The molecule has 80 valence electrons. The Balaban J connectivity index is 2.37. The second-order valence-corrected chi connectivity index (χ2v) is 3.51. The van der Waals surface area contributed by atoms with Crippen LogP contribution in [-0.4, -0.2) is 26.2 Å².